The molecule has 2 aromatic carbocycles. The van der Waals surface area contributed by atoms with Crippen molar-refractivity contribution in [3.05, 3.63) is 48.0 Å². The van der Waals surface area contributed by atoms with E-state index in [2.05, 4.69) is 5.32 Å². The predicted octanol–water partition coefficient (Wildman–Crippen LogP) is 2.81. The Hall–Kier alpha value is -3.47. The number of hydrogen-bond acceptors (Lipinski definition) is 7. The average Bonchev–Trinajstić information content (AvgIpc) is 2.89. The maximum absolute atomic E-state index is 13.8. The van der Waals surface area contributed by atoms with Crippen LogP contribution in [0.25, 0.3) is 0 Å². The third-order valence-corrected chi connectivity index (χ3v) is 6.88. The lowest BCUT2D eigenvalue weighted by Crippen LogP contribution is -2.52. The maximum atomic E-state index is 13.8. The standard InChI is InChI=1S/C26H37N3O7S/c1-7-14-27-26(31)22(8-2)28(17-19-10-9-11-20(15-19)34-3)25(30)18-29(37(6,32)33)23-16-21(35-4)12-13-24(23)36-5/h9-13,15-16,22H,7-8,14,17-18H2,1-6H3,(H,27,31)/t22-/m0/s1. The first-order valence-corrected chi connectivity index (χ1v) is 13.8. The molecular formula is C26H37N3O7S. The van der Waals surface area contributed by atoms with Gasteiger partial charge in [0, 0.05) is 19.2 Å². The molecule has 11 heteroatoms. The Morgan fingerprint density at radius 1 is 0.973 bits per heavy atom. The second-order valence-corrected chi connectivity index (χ2v) is 10.3. The molecule has 0 saturated carbocycles. The van der Waals surface area contributed by atoms with Crippen LogP contribution in [0.1, 0.15) is 32.3 Å². The number of anilines is 1. The van der Waals surface area contributed by atoms with E-state index in [9.17, 15) is 18.0 Å². The molecule has 0 spiro atoms. The van der Waals surface area contributed by atoms with E-state index in [0.29, 0.717) is 24.5 Å². The smallest absolute Gasteiger partial charge is 0.244 e. The molecule has 204 valence electrons. The molecule has 0 aliphatic rings. The minimum Gasteiger partial charge on any atom is -0.497 e. The third-order valence-electron chi connectivity index (χ3n) is 5.76. The van der Waals surface area contributed by atoms with Crippen molar-refractivity contribution in [3.8, 4) is 17.2 Å². The van der Waals surface area contributed by atoms with Crippen molar-refractivity contribution in [2.24, 2.45) is 0 Å². The summed E-state index contributed by atoms with van der Waals surface area (Å²) >= 11 is 0. The highest BCUT2D eigenvalue weighted by Crippen LogP contribution is 2.34. The number of rotatable bonds is 14. The van der Waals surface area contributed by atoms with Gasteiger partial charge in [-0.1, -0.05) is 26.0 Å². The molecule has 0 radical (unpaired) electrons. The Kier molecular flexibility index (Phi) is 11.0. The van der Waals surface area contributed by atoms with Gasteiger partial charge in [0.25, 0.3) is 0 Å². The monoisotopic (exact) mass is 535 g/mol. The molecule has 0 heterocycles. The number of amides is 2. The zero-order chi connectivity index (χ0) is 27.6. The zero-order valence-electron chi connectivity index (χ0n) is 22.3. The van der Waals surface area contributed by atoms with Crippen LogP contribution in [0.4, 0.5) is 5.69 Å². The van der Waals surface area contributed by atoms with E-state index < -0.39 is 28.5 Å². The van der Waals surface area contributed by atoms with E-state index in [-0.39, 0.29) is 23.9 Å². The zero-order valence-corrected chi connectivity index (χ0v) is 23.1. The molecule has 2 aromatic rings. The van der Waals surface area contributed by atoms with Crippen LogP contribution in [-0.4, -0.2) is 71.8 Å². The Bertz CT molecular complexity index is 1170. The van der Waals surface area contributed by atoms with Crippen molar-refractivity contribution in [1.29, 1.82) is 0 Å². The van der Waals surface area contributed by atoms with Crippen LogP contribution in [0, 0.1) is 0 Å². The lowest BCUT2D eigenvalue weighted by atomic mass is 10.1. The summed E-state index contributed by atoms with van der Waals surface area (Å²) in [6.07, 6.45) is 2.09. The van der Waals surface area contributed by atoms with Crippen molar-refractivity contribution in [2.75, 3.05) is 45.0 Å². The van der Waals surface area contributed by atoms with E-state index in [1.807, 2.05) is 19.9 Å². The number of hydrogen-bond donors (Lipinski definition) is 1. The lowest BCUT2D eigenvalue weighted by Gasteiger charge is -2.33. The molecule has 0 aliphatic heterocycles. The van der Waals surface area contributed by atoms with E-state index in [4.69, 9.17) is 14.2 Å². The van der Waals surface area contributed by atoms with Crippen LogP contribution in [0.15, 0.2) is 42.5 Å². The third kappa shape index (κ3) is 8.01. The van der Waals surface area contributed by atoms with Crippen molar-refractivity contribution in [3.63, 3.8) is 0 Å². The molecule has 0 fully saturated rings. The van der Waals surface area contributed by atoms with Gasteiger partial charge in [-0.05, 0) is 42.7 Å². The fourth-order valence-corrected chi connectivity index (χ4v) is 4.68. The Balaban J connectivity index is 2.53. The Labute approximate surface area is 219 Å². The minimum atomic E-state index is -3.92. The topological polar surface area (TPSA) is 114 Å². The van der Waals surface area contributed by atoms with Crippen LogP contribution in [0.2, 0.25) is 0 Å². The first-order chi connectivity index (χ1) is 17.6. The van der Waals surface area contributed by atoms with Gasteiger partial charge in [-0.2, -0.15) is 0 Å². The van der Waals surface area contributed by atoms with Crippen LogP contribution >= 0.6 is 0 Å². The summed E-state index contributed by atoms with van der Waals surface area (Å²) in [5.41, 5.74) is 0.891. The van der Waals surface area contributed by atoms with Gasteiger partial charge >= 0.3 is 0 Å². The molecule has 0 aromatic heterocycles. The first kappa shape index (κ1) is 29.8. The molecule has 37 heavy (non-hydrogen) atoms. The molecule has 0 unspecified atom stereocenters. The highest BCUT2D eigenvalue weighted by Gasteiger charge is 2.32. The highest BCUT2D eigenvalue weighted by molar-refractivity contribution is 7.92. The molecule has 0 saturated heterocycles. The second kappa shape index (κ2) is 13.7. The van der Waals surface area contributed by atoms with Gasteiger partial charge in [0.05, 0.1) is 33.3 Å². The highest BCUT2D eigenvalue weighted by atomic mass is 32.2. The number of ether oxygens (including phenoxy) is 3. The predicted molar refractivity (Wildman–Crippen MR) is 143 cm³/mol. The van der Waals surface area contributed by atoms with E-state index >= 15 is 0 Å². The summed E-state index contributed by atoms with van der Waals surface area (Å²) in [7, 11) is 0.485. The van der Waals surface area contributed by atoms with Gasteiger partial charge < -0.3 is 24.4 Å². The van der Waals surface area contributed by atoms with Gasteiger partial charge in [-0.15, -0.1) is 0 Å². The molecule has 0 bridgehead atoms. The second-order valence-electron chi connectivity index (χ2n) is 8.40. The lowest BCUT2D eigenvalue weighted by molar-refractivity contribution is -0.140. The van der Waals surface area contributed by atoms with Gasteiger partial charge in [0.15, 0.2) is 0 Å². The minimum absolute atomic E-state index is 0.0843. The van der Waals surface area contributed by atoms with Gasteiger partial charge in [-0.25, -0.2) is 8.42 Å². The van der Waals surface area contributed by atoms with Gasteiger partial charge in [0.2, 0.25) is 21.8 Å². The van der Waals surface area contributed by atoms with Crippen LogP contribution in [0.5, 0.6) is 17.2 Å². The molecule has 2 rings (SSSR count). The first-order valence-electron chi connectivity index (χ1n) is 12.0. The summed E-state index contributed by atoms with van der Waals surface area (Å²) in [6, 6.07) is 11.0. The van der Waals surface area contributed by atoms with E-state index in [1.165, 1.54) is 25.2 Å². The number of methoxy groups -OCH3 is 3. The fourth-order valence-electron chi connectivity index (χ4n) is 3.84. The number of benzene rings is 2. The summed E-state index contributed by atoms with van der Waals surface area (Å²) in [4.78, 5) is 28.2. The van der Waals surface area contributed by atoms with Crippen LogP contribution < -0.4 is 23.8 Å². The van der Waals surface area contributed by atoms with Crippen molar-refractivity contribution in [1.82, 2.24) is 10.2 Å². The Morgan fingerprint density at radius 3 is 2.22 bits per heavy atom. The van der Waals surface area contributed by atoms with Crippen LogP contribution in [0.3, 0.4) is 0 Å². The SMILES string of the molecule is CCCNC(=O)[C@H](CC)N(Cc1cccc(OC)c1)C(=O)CN(c1cc(OC)ccc1OC)S(C)(=O)=O. The molecule has 1 N–H and O–H groups in total. The number of nitrogens with zero attached hydrogens (tertiary/aromatic N) is 2. The summed E-state index contributed by atoms with van der Waals surface area (Å²) in [5, 5.41) is 2.85. The fraction of sp³-hybridized carbons (Fsp3) is 0.462. The average molecular weight is 536 g/mol. The molecule has 1 atom stereocenters. The normalized spacial score (nSPS) is 11.8. The number of nitrogens with one attached hydrogen (secondary N) is 1. The largest absolute Gasteiger partial charge is 0.497 e. The molecular weight excluding hydrogens is 498 g/mol. The number of carbonyl (C=O) groups is 2. The summed E-state index contributed by atoms with van der Waals surface area (Å²) in [6.45, 7) is 3.76. The summed E-state index contributed by atoms with van der Waals surface area (Å²) in [5.74, 6) is 0.413. The van der Waals surface area contributed by atoms with Gasteiger partial charge in [0.1, 0.15) is 29.8 Å². The van der Waals surface area contributed by atoms with E-state index in [1.54, 1.807) is 37.4 Å². The quantitative estimate of drug-likeness (QED) is 0.396. The molecule has 2 amide bonds. The van der Waals surface area contributed by atoms with Crippen LogP contribution in [-0.2, 0) is 26.2 Å². The Morgan fingerprint density at radius 2 is 1.65 bits per heavy atom. The molecule has 0 aliphatic carbocycles. The number of sulfonamides is 1. The van der Waals surface area contributed by atoms with Crippen molar-refractivity contribution >= 4 is 27.5 Å². The van der Waals surface area contributed by atoms with Crippen molar-refractivity contribution in [2.45, 2.75) is 39.3 Å². The maximum Gasteiger partial charge on any atom is 0.244 e. The molecule has 10 nitrogen and oxygen atoms in total. The number of carbonyl (C=O) groups excluding carboxylic acids is 2. The van der Waals surface area contributed by atoms with Gasteiger partial charge in [-0.3, -0.25) is 13.9 Å². The van der Waals surface area contributed by atoms with E-state index in [0.717, 1.165) is 22.5 Å². The van der Waals surface area contributed by atoms with Crippen molar-refractivity contribution < 1.29 is 32.2 Å². The summed E-state index contributed by atoms with van der Waals surface area (Å²) < 4.78 is 42.6.